The molecule has 1 nitrogen and oxygen atoms in total. The van der Waals surface area contributed by atoms with Crippen molar-refractivity contribution in [3.05, 3.63) is 34.9 Å². The summed E-state index contributed by atoms with van der Waals surface area (Å²) in [5, 5.41) is 3.46. The van der Waals surface area contributed by atoms with E-state index in [0.29, 0.717) is 6.04 Å². The second-order valence-electron chi connectivity index (χ2n) is 3.76. The van der Waals surface area contributed by atoms with Crippen LogP contribution in [0.2, 0.25) is 0 Å². The number of rotatable bonds is 0. The topological polar surface area (TPSA) is 12.0 Å². The largest absolute Gasteiger partial charge is 0.310 e. The smallest absolute Gasteiger partial charge is 0.0210 e. The molecule has 0 radical (unpaired) electrons. The quantitative estimate of drug-likeness (QED) is 0.664. The van der Waals surface area contributed by atoms with E-state index in [0.717, 1.165) is 6.54 Å². The van der Waals surface area contributed by atoms with Crippen LogP contribution in [-0.4, -0.2) is 6.04 Å². The summed E-state index contributed by atoms with van der Waals surface area (Å²) in [6.45, 7) is 9.44. The van der Waals surface area contributed by atoms with Crippen molar-refractivity contribution in [1.82, 2.24) is 5.32 Å². The molecular formula is C13H21N. The van der Waals surface area contributed by atoms with Crippen LogP contribution < -0.4 is 5.32 Å². The minimum absolute atomic E-state index is 0.638. The van der Waals surface area contributed by atoms with Gasteiger partial charge < -0.3 is 5.32 Å². The van der Waals surface area contributed by atoms with Gasteiger partial charge in [-0.25, -0.2) is 0 Å². The molecule has 14 heavy (non-hydrogen) atoms. The van der Waals surface area contributed by atoms with Crippen molar-refractivity contribution in [2.24, 2.45) is 0 Å². The predicted molar refractivity (Wildman–Crippen MR) is 62.5 cm³/mol. The fourth-order valence-electron chi connectivity index (χ4n) is 1.80. The molecule has 0 aromatic heterocycles. The average molecular weight is 191 g/mol. The Morgan fingerprint density at radius 1 is 1.21 bits per heavy atom. The van der Waals surface area contributed by atoms with Crippen LogP contribution in [-0.2, 0) is 13.0 Å². The molecule has 0 bridgehead atoms. The second kappa shape index (κ2) is 5.16. The van der Waals surface area contributed by atoms with Crippen molar-refractivity contribution in [3.63, 3.8) is 0 Å². The van der Waals surface area contributed by atoms with E-state index in [1.54, 1.807) is 0 Å². The molecule has 78 valence electrons. The van der Waals surface area contributed by atoms with Crippen molar-refractivity contribution < 1.29 is 0 Å². The van der Waals surface area contributed by atoms with Gasteiger partial charge in [-0.2, -0.15) is 0 Å². The SMILES string of the molecule is CC.Cc1ccc2c(c1)CC(C)NC2. The highest BCUT2D eigenvalue weighted by Gasteiger charge is 2.13. The molecule has 0 amide bonds. The van der Waals surface area contributed by atoms with Crippen molar-refractivity contribution in [2.45, 2.75) is 46.7 Å². The summed E-state index contributed by atoms with van der Waals surface area (Å²) in [6, 6.07) is 7.38. The van der Waals surface area contributed by atoms with Crippen molar-refractivity contribution in [1.29, 1.82) is 0 Å². The fourth-order valence-corrected chi connectivity index (χ4v) is 1.80. The molecule has 0 spiro atoms. The molecule has 1 heterocycles. The molecule has 0 saturated carbocycles. The average Bonchev–Trinajstić information content (AvgIpc) is 2.20. The summed E-state index contributed by atoms with van der Waals surface area (Å²) in [5.41, 5.74) is 4.38. The molecule has 1 unspecified atom stereocenters. The Labute approximate surface area is 87.5 Å². The Kier molecular flexibility index (Phi) is 4.15. The molecule has 1 heteroatoms. The van der Waals surface area contributed by atoms with Crippen LogP contribution >= 0.6 is 0 Å². The van der Waals surface area contributed by atoms with E-state index in [1.165, 1.54) is 23.1 Å². The van der Waals surface area contributed by atoms with E-state index >= 15 is 0 Å². The first kappa shape index (κ1) is 11.3. The summed E-state index contributed by atoms with van der Waals surface area (Å²) in [5.74, 6) is 0. The number of benzene rings is 1. The van der Waals surface area contributed by atoms with E-state index in [9.17, 15) is 0 Å². The van der Waals surface area contributed by atoms with Crippen LogP contribution in [0, 0.1) is 6.92 Å². The van der Waals surface area contributed by atoms with E-state index in [1.807, 2.05) is 13.8 Å². The Morgan fingerprint density at radius 2 is 1.93 bits per heavy atom. The maximum Gasteiger partial charge on any atom is 0.0210 e. The third-order valence-electron chi connectivity index (χ3n) is 2.53. The normalized spacial score (nSPS) is 19.3. The van der Waals surface area contributed by atoms with E-state index in [4.69, 9.17) is 0 Å². The lowest BCUT2D eigenvalue weighted by Crippen LogP contribution is -2.32. The lowest BCUT2D eigenvalue weighted by Gasteiger charge is -2.23. The van der Waals surface area contributed by atoms with Gasteiger partial charge >= 0.3 is 0 Å². The highest BCUT2D eigenvalue weighted by atomic mass is 14.9. The van der Waals surface area contributed by atoms with Gasteiger partial charge in [0.25, 0.3) is 0 Å². The van der Waals surface area contributed by atoms with Crippen LogP contribution in [0.5, 0.6) is 0 Å². The first-order valence-electron chi connectivity index (χ1n) is 5.57. The lowest BCUT2D eigenvalue weighted by molar-refractivity contribution is 0.513. The fraction of sp³-hybridized carbons (Fsp3) is 0.538. The highest BCUT2D eigenvalue weighted by Crippen LogP contribution is 2.17. The van der Waals surface area contributed by atoms with Gasteiger partial charge in [0.2, 0.25) is 0 Å². The molecular weight excluding hydrogens is 170 g/mol. The van der Waals surface area contributed by atoms with Gasteiger partial charge in [-0.15, -0.1) is 0 Å². The van der Waals surface area contributed by atoms with E-state index < -0.39 is 0 Å². The lowest BCUT2D eigenvalue weighted by atomic mass is 9.95. The second-order valence-corrected chi connectivity index (χ2v) is 3.76. The zero-order valence-corrected chi connectivity index (χ0v) is 9.72. The number of aryl methyl sites for hydroxylation is 1. The third kappa shape index (κ3) is 2.58. The van der Waals surface area contributed by atoms with Gasteiger partial charge in [0.05, 0.1) is 0 Å². The summed E-state index contributed by atoms with van der Waals surface area (Å²) in [4.78, 5) is 0. The van der Waals surface area contributed by atoms with Crippen LogP contribution in [0.15, 0.2) is 18.2 Å². The molecule has 1 aliphatic heterocycles. The molecule has 2 rings (SSSR count). The Bertz CT molecular complexity index is 291. The first-order valence-corrected chi connectivity index (χ1v) is 5.57. The van der Waals surface area contributed by atoms with Gasteiger partial charge in [0.1, 0.15) is 0 Å². The molecule has 1 aromatic rings. The molecule has 0 saturated heterocycles. The van der Waals surface area contributed by atoms with Crippen LogP contribution in [0.25, 0.3) is 0 Å². The summed E-state index contributed by atoms with van der Waals surface area (Å²) < 4.78 is 0. The van der Waals surface area contributed by atoms with Gasteiger partial charge in [-0.1, -0.05) is 37.6 Å². The van der Waals surface area contributed by atoms with Gasteiger partial charge in [-0.3, -0.25) is 0 Å². The monoisotopic (exact) mass is 191 g/mol. The summed E-state index contributed by atoms with van der Waals surface area (Å²) in [7, 11) is 0. The van der Waals surface area contributed by atoms with Crippen molar-refractivity contribution in [3.8, 4) is 0 Å². The Hall–Kier alpha value is -0.820. The van der Waals surface area contributed by atoms with Gasteiger partial charge in [0, 0.05) is 12.6 Å². The van der Waals surface area contributed by atoms with Crippen molar-refractivity contribution >= 4 is 0 Å². The number of fused-ring (bicyclic) bond motifs is 1. The van der Waals surface area contributed by atoms with Crippen LogP contribution in [0.3, 0.4) is 0 Å². The standard InChI is InChI=1S/C11H15N.C2H6/c1-8-3-4-10-7-12-9(2)6-11(10)5-8;1-2/h3-5,9,12H,6-7H2,1-2H3;1-2H3. The first-order chi connectivity index (χ1) is 6.75. The van der Waals surface area contributed by atoms with E-state index in [2.05, 4.69) is 37.4 Å². The minimum Gasteiger partial charge on any atom is -0.310 e. The predicted octanol–water partition coefficient (Wildman–Crippen LogP) is 3.06. The third-order valence-corrected chi connectivity index (χ3v) is 2.53. The number of nitrogens with one attached hydrogen (secondary N) is 1. The molecule has 1 aromatic carbocycles. The van der Waals surface area contributed by atoms with Crippen molar-refractivity contribution in [2.75, 3.05) is 0 Å². The maximum atomic E-state index is 3.46. The Balaban J connectivity index is 0.000000461. The zero-order valence-electron chi connectivity index (χ0n) is 9.72. The molecule has 1 N–H and O–H groups in total. The maximum absolute atomic E-state index is 3.46. The molecule has 0 fully saturated rings. The molecule has 1 aliphatic rings. The van der Waals surface area contributed by atoms with Gasteiger partial charge in [0.15, 0.2) is 0 Å². The zero-order chi connectivity index (χ0) is 10.6. The van der Waals surface area contributed by atoms with Crippen LogP contribution in [0.4, 0.5) is 0 Å². The van der Waals surface area contributed by atoms with E-state index in [-0.39, 0.29) is 0 Å². The Morgan fingerprint density at radius 3 is 2.64 bits per heavy atom. The molecule has 0 aliphatic carbocycles. The van der Waals surface area contributed by atoms with Crippen LogP contribution in [0.1, 0.15) is 37.5 Å². The summed E-state index contributed by atoms with van der Waals surface area (Å²) >= 11 is 0. The minimum atomic E-state index is 0.638. The van der Waals surface area contributed by atoms with Gasteiger partial charge in [-0.05, 0) is 31.4 Å². The summed E-state index contributed by atoms with van der Waals surface area (Å²) in [6.07, 6.45) is 1.18. The molecule has 1 atom stereocenters. The number of hydrogen-bond donors (Lipinski definition) is 1. The number of hydrogen-bond acceptors (Lipinski definition) is 1. The highest BCUT2D eigenvalue weighted by molar-refractivity contribution is 5.33.